The fourth-order valence-electron chi connectivity index (χ4n) is 7.36. The lowest BCUT2D eigenvalue weighted by Crippen LogP contribution is -3.12. The van der Waals surface area contributed by atoms with Gasteiger partial charge in [-0.05, 0) is 47.8 Å². The van der Waals surface area contributed by atoms with Gasteiger partial charge in [0.15, 0.2) is 0 Å². The molecular formula is C13H12N2O2. The number of hydrogen-bond acceptors (Lipinski definition) is 3. The SMILES string of the molecule is O=C(O)C12C3C4C5C3C1C5(C1C=CNC=N1)C42. The van der Waals surface area contributed by atoms with Crippen molar-refractivity contribution in [1.29, 1.82) is 0 Å². The predicted octanol–water partition coefficient (Wildman–Crippen LogP) is 0.323. The largest absolute Gasteiger partial charge is 0.481 e. The minimum atomic E-state index is -0.513. The highest BCUT2D eigenvalue weighted by atomic mass is 16.4. The Kier molecular flexibility index (Phi) is 0.811. The van der Waals surface area contributed by atoms with E-state index in [1.807, 2.05) is 6.20 Å². The van der Waals surface area contributed by atoms with Crippen LogP contribution < -0.4 is 5.32 Å². The maximum absolute atomic E-state index is 11.5. The van der Waals surface area contributed by atoms with E-state index in [-0.39, 0.29) is 16.9 Å². The molecule has 17 heavy (non-hydrogen) atoms. The Morgan fingerprint density at radius 3 is 2.65 bits per heavy atom. The van der Waals surface area contributed by atoms with Crippen LogP contribution in [0.5, 0.6) is 0 Å². The molecule has 5 atom stereocenters. The summed E-state index contributed by atoms with van der Waals surface area (Å²) in [6.07, 6.45) is 5.85. The maximum Gasteiger partial charge on any atom is 0.310 e. The number of aliphatic imine (C=N–C) groups is 1. The van der Waals surface area contributed by atoms with Crippen molar-refractivity contribution in [3.05, 3.63) is 12.3 Å². The van der Waals surface area contributed by atoms with Gasteiger partial charge in [0, 0.05) is 5.41 Å². The Bertz CT molecular complexity index is 534. The van der Waals surface area contributed by atoms with E-state index in [0.29, 0.717) is 17.8 Å². The third kappa shape index (κ3) is 0.381. The summed E-state index contributed by atoms with van der Waals surface area (Å²) in [4.78, 5) is 16.1. The summed E-state index contributed by atoms with van der Waals surface area (Å²) in [5.41, 5.74) is -0.00408. The minimum absolute atomic E-state index is 0.255. The molecule has 6 fully saturated rings. The lowest BCUT2D eigenvalue weighted by atomic mass is 8.91. The second-order valence-electron chi connectivity index (χ2n) is 6.65. The van der Waals surface area contributed by atoms with E-state index in [1.165, 1.54) is 0 Å². The van der Waals surface area contributed by atoms with Gasteiger partial charge in [-0.3, -0.25) is 9.79 Å². The zero-order valence-corrected chi connectivity index (χ0v) is 9.08. The van der Waals surface area contributed by atoms with E-state index < -0.39 is 5.97 Å². The van der Waals surface area contributed by atoms with E-state index in [1.54, 1.807) is 6.34 Å². The molecular weight excluding hydrogens is 216 g/mol. The van der Waals surface area contributed by atoms with Crippen LogP contribution in [0.1, 0.15) is 0 Å². The fourth-order valence-corrected chi connectivity index (χ4v) is 7.36. The molecule has 6 saturated carbocycles. The van der Waals surface area contributed by atoms with Crippen LogP contribution in [0.2, 0.25) is 0 Å². The van der Waals surface area contributed by atoms with Crippen LogP contribution in [0.25, 0.3) is 0 Å². The van der Waals surface area contributed by atoms with Crippen molar-refractivity contribution in [3.8, 4) is 0 Å². The third-order valence-electron chi connectivity index (χ3n) is 7.23. The summed E-state index contributed by atoms with van der Waals surface area (Å²) in [6, 6.07) is 0.255. The van der Waals surface area contributed by atoms with Crippen LogP contribution >= 0.6 is 0 Å². The molecule has 1 aliphatic heterocycles. The normalized spacial score (nSPS) is 73.1. The molecule has 86 valence electrons. The smallest absolute Gasteiger partial charge is 0.310 e. The van der Waals surface area contributed by atoms with E-state index >= 15 is 0 Å². The van der Waals surface area contributed by atoms with Crippen LogP contribution in [0, 0.1) is 46.3 Å². The summed E-state index contributed by atoms with van der Waals surface area (Å²) >= 11 is 0. The number of carboxylic acids is 1. The van der Waals surface area contributed by atoms with Gasteiger partial charge < -0.3 is 10.4 Å². The number of nitrogens with zero attached hydrogens (tertiary/aromatic N) is 1. The standard InChI is InChI=1S/C13H12N2O2/c16-11(17)13-8-5-7-6(8)10(13)12(7,9(5)13)4-1-2-14-3-15-4/h1-10H,(H,14,15)(H,16,17). The van der Waals surface area contributed by atoms with E-state index in [2.05, 4.69) is 16.4 Å². The lowest BCUT2D eigenvalue weighted by Gasteiger charge is -3.10. The van der Waals surface area contributed by atoms with Crippen LogP contribution in [-0.2, 0) is 4.79 Å². The minimum Gasteiger partial charge on any atom is -0.481 e. The van der Waals surface area contributed by atoms with Gasteiger partial charge in [-0.15, -0.1) is 0 Å². The number of carboxylic acid groups (broad SMARTS) is 1. The highest BCUT2D eigenvalue weighted by molar-refractivity contribution is 5.87. The van der Waals surface area contributed by atoms with Gasteiger partial charge in [0.2, 0.25) is 0 Å². The van der Waals surface area contributed by atoms with E-state index in [0.717, 1.165) is 17.8 Å². The predicted molar refractivity (Wildman–Crippen MR) is 58.0 cm³/mol. The highest BCUT2D eigenvalue weighted by Crippen LogP contribution is 3.11. The van der Waals surface area contributed by atoms with Crippen molar-refractivity contribution in [2.75, 3.05) is 0 Å². The molecule has 0 aromatic carbocycles. The lowest BCUT2D eigenvalue weighted by molar-refractivity contribution is -0.645. The molecule has 4 heteroatoms. The average Bonchev–Trinajstić information content (AvgIpc) is 2.39. The first-order chi connectivity index (χ1) is 8.28. The average molecular weight is 228 g/mol. The molecule has 4 nitrogen and oxygen atoms in total. The molecule has 0 saturated heterocycles. The molecule has 2 N–H and O–H groups in total. The van der Waals surface area contributed by atoms with Crippen LogP contribution in [0.4, 0.5) is 0 Å². The molecule has 0 bridgehead atoms. The fraction of sp³-hybridized carbons (Fsp3) is 0.692. The number of hydrogen-bond donors (Lipinski definition) is 2. The Hall–Kier alpha value is -1.32. The monoisotopic (exact) mass is 228 g/mol. The van der Waals surface area contributed by atoms with Gasteiger partial charge >= 0.3 is 5.97 Å². The molecule has 7 aliphatic rings. The van der Waals surface area contributed by atoms with E-state index in [9.17, 15) is 9.90 Å². The number of carbonyl (C=O) groups is 1. The van der Waals surface area contributed by atoms with Gasteiger partial charge in [0.25, 0.3) is 0 Å². The van der Waals surface area contributed by atoms with Crippen LogP contribution in [0.15, 0.2) is 17.3 Å². The van der Waals surface area contributed by atoms with Gasteiger partial charge in [0.05, 0.1) is 17.8 Å². The molecule has 0 amide bonds. The number of aliphatic carboxylic acids is 1. The van der Waals surface area contributed by atoms with Gasteiger partial charge in [-0.25, -0.2) is 0 Å². The molecule has 0 aromatic heterocycles. The quantitative estimate of drug-likeness (QED) is 0.715. The number of rotatable bonds is 2. The Balaban J connectivity index is 1.48. The van der Waals surface area contributed by atoms with Crippen molar-refractivity contribution in [2.24, 2.45) is 51.3 Å². The Morgan fingerprint density at radius 2 is 2.06 bits per heavy atom. The van der Waals surface area contributed by atoms with Crippen molar-refractivity contribution in [3.63, 3.8) is 0 Å². The topological polar surface area (TPSA) is 61.7 Å². The first-order valence-corrected chi connectivity index (χ1v) is 6.46. The summed E-state index contributed by atoms with van der Waals surface area (Å²) in [6.45, 7) is 0. The highest BCUT2D eigenvalue weighted by Gasteiger charge is 3.12. The molecule has 6 aliphatic carbocycles. The molecule has 0 spiro atoms. The summed E-state index contributed by atoms with van der Waals surface area (Å²) in [7, 11) is 0. The first kappa shape index (κ1) is 7.90. The third-order valence-corrected chi connectivity index (χ3v) is 7.23. The summed E-state index contributed by atoms with van der Waals surface area (Å²) in [5.74, 6) is 3.33. The van der Waals surface area contributed by atoms with Crippen molar-refractivity contribution in [1.82, 2.24) is 5.32 Å². The van der Waals surface area contributed by atoms with Crippen LogP contribution in [-0.4, -0.2) is 23.5 Å². The summed E-state index contributed by atoms with van der Waals surface area (Å²) in [5, 5.41) is 12.5. The van der Waals surface area contributed by atoms with Crippen LogP contribution in [0.3, 0.4) is 0 Å². The molecule has 0 radical (unpaired) electrons. The maximum atomic E-state index is 11.5. The van der Waals surface area contributed by atoms with Crippen molar-refractivity contribution < 1.29 is 9.90 Å². The van der Waals surface area contributed by atoms with Gasteiger partial charge in [-0.1, -0.05) is 0 Å². The van der Waals surface area contributed by atoms with Crippen molar-refractivity contribution >= 4 is 12.3 Å². The van der Waals surface area contributed by atoms with Gasteiger partial charge in [-0.2, -0.15) is 0 Å². The second-order valence-corrected chi connectivity index (χ2v) is 6.65. The second kappa shape index (κ2) is 1.74. The van der Waals surface area contributed by atoms with Crippen molar-refractivity contribution in [2.45, 2.75) is 6.04 Å². The molecule has 1 heterocycles. The first-order valence-electron chi connectivity index (χ1n) is 6.46. The zero-order valence-electron chi connectivity index (χ0n) is 9.08. The zero-order chi connectivity index (χ0) is 11.2. The number of nitrogens with one attached hydrogen (secondary N) is 1. The molecule has 7 rings (SSSR count). The Labute approximate surface area is 97.8 Å². The summed E-state index contributed by atoms with van der Waals surface area (Å²) < 4.78 is 0. The molecule has 5 unspecified atom stereocenters. The van der Waals surface area contributed by atoms with E-state index in [4.69, 9.17) is 0 Å². The molecule has 0 aromatic rings. The Morgan fingerprint density at radius 1 is 1.29 bits per heavy atom. The van der Waals surface area contributed by atoms with Gasteiger partial charge in [0.1, 0.15) is 0 Å².